The van der Waals surface area contributed by atoms with Crippen LogP contribution in [-0.2, 0) is 11.3 Å². The first-order chi connectivity index (χ1) is 14.7. The van der Waals surface area contributed by atoms with E-state index in [2.05, 4.69) is 26.7 Å². The molecule has 7 heteroatoms. The molecule has 4 rings (SSSR count). The van der Waals surface area contributed by atoms with Gasteiger partial charge in [-0.1, -0.05) is 55.3 Å². The summed E-state index contributed by atoms with van der Waals surface area (Å²) in [5.74, 6) is 2.48. The van der Waals surface area contributed by atoms with Gasteiger partial charge in [0, 0.05) is 17.8 Å². The first-order valence-corrected chi connectivity index (χ1v) is 11.6. The fourth-order valence-electron chi connectivity index (χ4n) is 4.07. The number of para-hydroxylation sites is 1. The predicted octanol–water partition coefficient (Wildman–Crippen LogP) is 5.23. The van der Waals surface area contributed by atoms with E-state index in [0.717, 1.165) is 40.6 Å². The van der Waals surface area contributed by atoms with Crippen LogP contribution in [-0.4, -0.2) is 26.4 Å². The molecule has 3 aromatic rings. The molecule has 1 saturated carbocycles. The molecule has 0 spiro atoms. The zero-order chi connectivity index (χ0) is 20.9. The van der Waals surface area contributed by atoms with E-state index in [4.69, 9.17) is 4.42 Å². The van der Waals surface area contributed by atoms with Crippen LogP contribution in [0.3, 0.4) is 0 Å². The van der Waals surface area contributed by atoms with Crippen molar-refractivity contribution in [3.8, 4) is 0 Å². The van der Waals surface area contributed by atoms with Crippen LogP contribution in [0.25, 0.3) is 11.0 Å². The molecule has 1 amide bonds. The number of carbonyl (C=O) groups excluding carboxylic acids is 1. The molecular formula is C23H28N4O2S. The van der Waals surface area contributed by atoms with Gasteiger partial charge in [0.25, 0.3) is 0 Å². The molecule has 2 aromatic heterocycles. The molecule has 0 unspecified atom stereocenters. The van der Waals surface area contributed by atoms with E-state index in [1.165, 1.54) is 31.0 Å². The zero-order valence-electron chi connectivity index (χ0n) is 17.3. The number of rotatable bonds is 8. The summed E-state index contributed by atoms with van der Waals surface area (Å²) >= 11 is 1.42. The summed E-state index contributed by atoms with van der Waals surface area (Å²) in [7, 11) is 0. The van der Waals surface area contributed by atoms with Crippen molar-refractivity contribution < 1.29 is 9.21 Å². The summed E-state index contributed by atoms with van der Waals surface area (Å²) in [5.41, 5.74) is 0.829. The van der Waals surface area contributed by atoms with Gasteiger partial charge in [0.1, 0.15) is 17.2 Å². The average molecular weight is 425 g/mol. The maximum atomic E-state index is 12.5. The van der Waals surface area contributed by atoms with E-state index >= 15 is 0 Å². The number of carbonyl (C=O) groups is 1. The van der Waals surface area contributed by atoms with E-state index < -0.39 is 0 Å². The van der Waals surface area contributed by atoms with Crippen LogP contribution in [0.15, 0.2) is 52.6 Å². The van der Waals surface area contributed by atoms with E-state index in [1.54, 1.807) is 0 Å². The molecule has 6 nitrogen and oxygen atoms in total. The lowest BCUT2D eigenvalue weighted by Crippen LogP contribution is -2.28. The van der Waals surface area contributed by atoms with Crippen molar-refractivity contribution in [3.05, 3.63) is 54.6 Å². The highest BCUT2D eigenvalue weighted by atomic mass is 32.2. The zero-order valence-corrected chi connectivity index (χ0v) is 18.2. The summed E-state index contributed by atoms with van der Waals surface area (Å²) in [4.78, 5) is 12.5. The lowest BCUT2D eigenvalue weighted by Gasteiger charge is -2.21. The highest BCUT2D eigenvalue weighted by Gasteiger charge is 2.23. The molecule has 1 aliphatic carbocycles. The number of benzene rings is 1. The van der Waals surface area contributed by atoms with Crippen molar-refractivity contribution >= 4 is 28.6 Å². The van der Waals surface area contributed by atoms with Gasteiger partial charge in [0.05, 0.1) is 11.8 Å². The standard InChI is InChI=1S/C23H28N4O2S/c1-3-13-27-22(17-9-5-4-6-10-17)25-26-23(27)30-15-21(28)24-16(2)20-14-18-11-7-8-12-19(18)29-20/h3,7-8,11-12,14,16-17H,1,4-6,9-10,13,15H2,2H3,(H,24,28)/t16-/m1/s1. The van der Waals surface area contributed by atoms with Gasteiger partial charge in [-0.25, -0.2) is 0 Å². The number of aromatic nitrogens is 3. The minimum Gasteiger partial charge on any atom is -0.459 e. The highest BCUT2D eigenvalue weighted by molar-refractivity contribution is 7.99. The Morgan fingerprint density at radius 2 is 2.13 bits per heavy atom. The molecule has 30 heavy (non-hydrogen) atoms. The number of amides is 1. The normalized spacial score (nSPS) is 15.9. The monoisotopic (exact) mass is 424 g/mol. The van der Waals surface area contributed by atoms with Gasteiger partial charge in [-0.05, 0) is 31.9 Å². The van der Waals surface area contributed by atoms with Gasteiger partial charge >= 0.3 is 0 Å². The first kappa shape index (κ1) is 20.7. The number of nitrogens with one attached hydrogen (secondary N) is 1. The molecule has 0 radical (unpaired) electrons. The third-order valence-electron chi connectivity index (χ3n) is 5.61. The molecule has 1 aliphatic rings. The van der Waals surface area contributed by atoms with Gasteiger partial charge < -0.3 is 14.3 Å². The predicted molar refractivity (Wildman–Crippen MR) is 120 cm³/mol. The number of hydrogen-bond donors (Lipinski definition) is 1. The minimum absolute atomic E-state index is 0.0553. The van der Waals surface area contributed by atoms with Crippen molar-refractivity contribution in [3.63, 3.8) is 0 Å². The second-order valence-corrected chi connectivity index (χ2v) is 8.78. The van der Waals surface area contributed by atoms with Gasteiger partial charge in [-0.3, -0.25) is 4.79 Å². The van der Waals surface area contributed by atoms with Crippen molar-refractivity contribution in [2.45, 2.75) is 62.7 Å². The van der Waals surface area contributed by atoms with E-state index in [0.29, 0.717) is 12.5 Å². The van der Waals surface area contributed by atoms with E-state index in [1.807, 2.05) is 43.3 Å². The Morgan fingerprint density at radius 3 is 2.90 bits per heavy atom. The number of nitrogens with zero attached hydrogens (tertiary/aromatic N) is 3. The summed E-state index contributed by atoms with van der Waals surface area (Å²) < 4.78 is 7.97. The van der Waals surface area contributed by atoms with Gasteiger partial charge in [-0.2, -0.15) is 0 Å². The number of fused-ring (bicyclic) bond motifs is 1. The van der Waals surface area contributed by atoms with Crippen LogP contribution in [0, 0.1) is 0 Å². The van der Waals surface area contributed by atoms with Crippen LogP contribution >= 0.6 is 11.8 Å². The Bertz CT molecular complexity index is 986. The minimum atomic E-state index is -0.200. The fraction of sp³-hybridized carbons (Fsp3) is 0.435. The molecule has 2 heterocycles. The van der Waals surface area contributed by atoms with E-state index in [9.17, 15) is 4.79 Å². The van der Waals surface area contributed by atoms with Crippen LogP contribution in [0.5, 0.6) is 0 Å². The Kier molecular flexibility index (Phi) is 6.57. The second-order valence-electron chi connectivity index (χ2n) is 7.84. The highest BCUT2D eigenvalue weighted by Crippen LogP contribution is 2.33. The lowest BCUT2D eigenvalue weighted by molar-refractivity contribution is -0.119. The molecule has 1 atom stereocenters. The molecule has 158 valence electrons. The maximum absolute atomic E-state index is 12.5. The Hall–Kier alpha value is -2.54. The average Bonchev–Trinajstić information content (AvgIpc) is 3.37. The van der Waals surface area contributed by atoms with Crippen molar-refractivity contribution in [1.29, 1.82) is 0 Å². The van der Waals surface area contributed by atoms with Gasteiger partial charge in [0.2, 0.25) is 5.91 Å². The fourth-order valence-corrected chi connectivity index (χ4v) is 4.84. The van der Waals surface area contributed by atoms with Gasteiger partial charge in [-0.15, -0.1) is 16.8 Å². The number of furan rings is 1. The summed E-state index contributed by atoms with van der Waals surface area (Å²) in [6.07, 6.45) is 7.98. The summed E-state index contributed by atoms with van der Waals surface area (Å²) in [6.45, 7) is 6.47. The molecule has 0 aliphatic heterocycles. The Balaban J connectivity index is 1.38. The smallest absolute Gasteiger partial charge is 0.231 e. The molecule has 0 bridgehead atoms. The van der Waals surface area contributed by atoms with E-state index in [-0.39, 0.29) is 17.7 Å². The summed E-state index contributed by atoms with van der Waals surface area (Å²) in [6, 6.07) is 9.63. The van der Waals surface area contributed by atoms with Crippen LogP contribution in [0.2, 0.25) is 0 Å². The number of thioether (sulfide) groups is 1. The maximum Gasteiger partial charge on any atom is 0.231 e. The van der Waals surface area contributed by atoms with Crippen LogP contribution in [0.4, 0.5) is 0 Å². The van der Waals surface area contributed by atoms with Crippen LogP contribution < -0.4 is 5.32 Å². The molecule has 1 aromatic carbocycles. The third kappa shape index (κ3) is 4.61. The summed E-state index contributed by atoms with van der Waals surface area (Å²) in [5, 5.41) is 13.7. The van der Waals surface area contributed by atoms with Crippen molar-refractivity contribution in [2.75, 3.05) is 5.75 Å². The lowest BCUT2D eigenvalue weighted by atomic mass is 9.89. The number of hydrogen-bond acceptors (Lipinski definition) is 5. The molecule has 0 saturated heterocycles. The Labute approximate surface area is 181 Å². The number of allylic oxidation sites excluding steroid dienone is 1. The van der Waals surface area contributed by atoms with Crippen molar-refractivity contribution in [2.24, 2.45) is 0 Å². The topological polar surface area (TPSA) is 73.0 Å². The quantitative estimate of drug-likeness (QED) is 0.396. The second kappa shape index (κ2) is 9.51. The van der Waals surface area contributed by atoms with Gasteiger partial charge in [0.15, 0.2) is 5.16 Å². The Morgan fingerprint density at radius 1 is 1.33 bits per heavy atom. The van der Waals surface area contributed by atoms with Crippen LogP contribution in [0.1, 0.15) is 62.6 Å². The SMILES string of the molecule is C=CCn1c(SCC(=O)N[C@H](C)c2cc3ccccc3o2)nnc1C1CCCCC1. The first-order valence-electron chi connectivity index (χ1n) is 10.6. The molecule has 1 fully saturated rings. The largest absolute Gasteiger partial charge is 0.459 e. The van der Waals surface area contributed by atoms with Crippen molar-refractivity contribution in [1.82, 2.24) is 20.1 Å². The third-order valence-corrected chi connectivity index (χ3v) is 6.58. The molecule has 1 N–H and O–H groups in total. The molecular weight excluding hydrogens is 396 g/mol.